The number of aromatic amines is 1. The molecule has 1 aliphatic rings. The van der Waals surface area contributed by atoms with Crippen LogP contribution in [0.2, 0.25) is 0 Å². The number of nitrogens with zero attached hydrogens (tertiary/aromatic N) is 3. The predicted molar refractivity (Wildman–Crippen MR) is 100 cm³/mol. The van der Waals surface area contributed by atoms with Crippen molar-refractivity contribution >= 4 is 16.9 Å². The molecule has 1 saturated heterocycles. The molecule has 0 atom stereocenters. The Balaban J connectivity index is 1.51. The second-order valence-electron chi connectivity index (χ2n) is 7.46. The van der Waals surface area contributed by atoms with Crippen LogP contribution in [-0.4, -0.2) is 39.8 Å². The van der Waals surface area contributed by atoms with Gasteiger partial charge in [0.15, 0.2) is 0 Å². The molecule has 1 aliphatic heterocycles. The minimum Gasteiger partial charge on any atom is -0.396 e. The number of halogens is 3. The van der Waals surface area contributed by atoms with E-state index in [1.54, 1.807) is 6.07 Å². The second kappa shape index (κ2) is 7.09. The van der Waals surface area contributed by atoms with Crippen LogP contribution in [0.4, 0.5) is 19.0 Å². The van der Waals surface area contributed by atoms with E-state index >= 15 is 0 Å². The number of hydrogen-bond donors (Lipinski definition) is 2. The van der Waals surface area contributed by atoms with E-state index in [-0.39, 0.29) is 6.61 Å². The molecule has 2 N–H and O–H groups in total. The number of aliphatic hydroxyl groups excluding tert-OH is 1. The molecule has 8 heteroatoms. The fourth-order valence-electron chi connectivity index (χ4n) is 3.98. The van der Waals surface area contributed by atoms with E-state index in [0.717, 1.165) is 22.9 Å². The maximum Gasteiger partial charge on any atom is 0.416 e. The Morgan fingerprint density at radius 1 is 1.14 bits per heavy atom. The number of H-pyrrole nitrogens is 1. The summed E-state index contributed by atoms with van der Waals surface area (Å²) in [7, 11) is 0. The molecule has 0 spiro atoms. The molecule has 0 amide bonds. The Morgan fingerprint density at radius 2 is 1.93 bits per heavy atom. The predicted octanol–water partition coefficient (Wildman–Crippen LogP) is 3.80. The molecule has 148 valence electrons. The van der Waals surface area contributed by atoms with E-state index in [1.165, 1.54) is 18.5 Å². The minimum atomic E-state index is -4.36. The Labute approximate surface area is 160 Å². The molecule has 0 aliphatic carbocycles. The highest BCUT2D eigenvalue weighted by Crippen LogP contribution is 2.38. The van der Waals surface area contributed by atoms with Gasteiger partial charge in [-0.25, -0.2) is 9.97 Å². The Morgan fingerprint density at radius 3 is 2.64 bits per heavy atom. The van der Waals surface area contributed by atoms with Crippen LogP contribution in [0.5, 0.6) is 0 Å². The van der Waals surface area contributed by atoms with Crippen molar-refractivity contribution in [3.63, 3.8) is 0 Å². The van der Waals surface area contributed by atoms with Crippen LogP contribution in [0.1, 0.15) is 24.0 Å². The molecule has 3 aromatic rings. The van der Waals surface area contributed by atoms with E-state index < -0.39 is 17.2 Å². The molecule has 3 heterocycles. The van der Waals surface area contributed by atoms with E-state index in [2.05, 4.69) is 19.9 Å². The van der Waals surface area contributed by atoms with Gasteiger partial charge in [-0.05, 0) is 37.0 Å². The van der Waals surface area contributed by atoms with Crippen molar-refractivity contribution in [1.29, 1.82) is 0 Å². The number of rotatable bonds is 4. The number of aliphatic hydroxyl groups is 1. The molecule has 5 nitrogen and oxygen atoms in total. The van der Waals surface area contributed by atoms with Gasteiger partial charge in [0.05, 0.1) is 10.9 Å². The van der Waals surface area contributed by atoms with Crippen LogP contribution < -0.4 is 4.90 Å². The van der Waals surface area contributed by atoms with E-state index in [4.69, 9.17) is 0 Å². The van der Waals surface area contributed by atoms with E-state index in [0.29, 0.717) is 37.9 Å². The van der Waals surface area contributed by atoms with E-state index in [1.807, 2.05) is 12.3 Å². The molecule has 0 saturated carbocycles. The molecule has 0 unspecified atom stereocenters. The fraction of sp³-hybridized carbons (Fsp3) is 0.400. The maximum absolute atomic E-state index is 13.0. The fourth-order valence-corrected chi connectivity index (χ4v) is 3.98. The number of benzene rings is 1. The van der Waals surface area contributed by atoms with Gasteiger partial charge in [0.25, 0.3) is 0 Å². The van der Waals surface area contributed by atoms with Gasteiger partial charge in [-0.15, -0.1) is 0 Å². The SMILES string of the molecule is OCC1(Cc2cccc(C(F)(F)F)c2)CCN(c2ncnc3[nH]ccc23)CC1. The van der Waals surface area contributed by atoms with Crippen LogP contribution >= 0.6 is 0 Å². The molecular formula is C20H21F3N4O. The first-order chi connectivity index (χ1) is 13.4. The lowest BCUT2D eigenvalue weighted by Crippen LogP contribution is -2.43. The number of aromatic nitrogens is 3. The Hall–Kier alpha value is -2.61. The summed E-state index contributed by atoms with van der Waals surface area (Å²) in [6.07, 6.45) is 0.750. The van der Waals surface area contributed by atoms with Crippen molar-refractivity contribution in [1.82, 2.24) is 15.0 Å². The van der Waals surface area contributed by atoms with Crippen LogP contribution in [0.15, 0.2) is 42.9 Å². The minimum absolute atomic E-state index is 0.0551. The van der Waals surface area contributed by atoms with Gasteiger partial charge in [-0.1, -0.05) is 18.2 Å². The van der Waals surface area contributed by atoms with Crippen LogP contribution in [0.25, 0.3) is 11.0 Å². The molecule has 0 radical (unpaired) electrons. The summed E-state index contributed by atoms with van der Waals surface area (Å²) in [4.78, 5) is 13.8. The van der Waals surface area contributed by atoms with Crippen LogP contribution in [0.3, 0.4) is 0 Å². The summed E-state index contributed by atoms with van der Waals surface area (Å²) in [5, 5.41) is 11.0. The van der Waals surface area contributed by atoms with Crippen molar-refractivity contribution < 1.29 is 18.3 Å². The third-order valence-corrected chi connectivity index (χ3v) is 5.63. The summed E-state index contributed by atoms with van der Waals surface area (Å²) < 4.78 is 39.0. The van der Waals surface area contributed by atoms with Crippen LogP contribution in [0, 0.1) is 5.41 Å². The van der Waals surface area contributed by atoms with Crippen molar-refractivity contribution in [2.45, 2.75) is 25.4 Å². The van der Waals surface area contributed by atoms with E-state index in [9.17, 15) is 18.3 Å². The standard InChI is InChI=1S/C20H21F3N4O/c21-20(22,23)15-3-1-2-14(10-15)11-19(12-28)5-8-27(9-6-19)18-16-4-7-24-17(16)25-13-26-18/h1-4,7,10,13,28H,5-6,8-9,11-12H2,(H,24,25,26). The summed E-state index contributed by atoms with van der Waals surface area (Å²) in [5.74, 6) is 0.844. The van der Waals surface area contributed by atoms with Crippen molar-refractivity contribution in [3.05, 3.63) is 54.0 Å². The number of alkyl halides is 3. The van der Waals surface area contributed by atoms with Gasteiger partial charge in [0, 0.05) is 31.3 Å². The summed E-state index contributed by atoms with van der Waals surface area (Å²) in [5.41, 5.74) is 0.303. The van der Waals surface area contributed by atoms with Gasteiger partial charge >= 0.3 is 6.18 Å². The van der Waals surface area contributed by atoms with Crippen LogP contribution in [-0.2, 0) is 12.6 Å². The summed E-state index contributed by atoms with van der Waals surface area (Å²) in [6.45, 7) is 1.30. The van der Waals surface area contributed by atoms with Gasteiger partial charge in [0.2, 0.25) is 0 Å². The summed E-state index contributed by atoms with van der Waals surface area (Å²) >= 11 is 0. The average Bonchev–Trinajstić information content (AvgIpc) is 3.17. The largest absolute Gasteiger partial charge is 0.416 e. The lowest BCUT2D eigenvalue weighted by atomic mass is 9.74. The molecule has 2 aromatic heterocycles. The first-order valence-electron chi connectivity index (χ1n) is 9.20. The highest BCUT2D eigenvalue weighted by atomic mass is 19.4. The average molecular weight is 390 g/mol. The maximum atomic E-state index is 13.0. The second-order valence-corrected chi connectivity index (χ2v) is 7.46. The lowest BCUT2D eigenvalue weighted by Gasteiger charge is -2.41. The molecule has 28 heavy (non-hydrogen) atoms. The van der Waals surface area contributed by atoms with Crippen molar-refractivity contribution in [2.75, 3.05) is 24.6 Å². The third-order valence-electron chi connectivity index (χ3n) is 5.63. The first-order valence-corrected chi connectivity index (χ1v) is 9.20. The number of fused-ring (bicyclic) bond motifs is 1. The monoisotopic (exact) mass is 390 g/mol. The van der Waals surface area contributed by atoms with Crippen molar-refractivity contribution in [3.8, 4) is 0 Å². The molecule has 1 aromatic carbocycles. The Kier molecular flexibility index (Phi) is 4.74. The molecule has 1 fully saturated rings. The molecule has 4 rings (SSSR count). The summed E-state index contributed by atoms with van der Waals surface area (Å²) in [6, 6.07) is 7.34. The number of hydrogen-bond acceptors (Lipinski definition) is 4. The normalized spacial score (nSPS) is 17.2. The third kappa shape index (κ3) is 3.56. The zero-order valence-electron chi connectivity index (χ0n) is 15.2. The lowest BCUT2D eigenvalue weighted by molar-refractivity contribution is -0.137. The van der Waals surface area contributed by atoms with Crippen molar-refractivity contribution in [2.24, 2.45) is 5.41 Å². The highest BCUT2D eigenvalue weighted by molar-refractivity contribution is 5.87. The number of piperidine rings is 1. The highest BCUT2D eigenvalue weighted by Gasteiger charge is 2.36. The van der Waals surface area contributed by atoms with Gasteiger partial charge in [-0.2, -0.15) is 13.2 Å². The molecule has 0 bridgehead atoms. The zero-order chi connectivity index (χ0) is 19.8. The smallest absolute Gasteiger partial charge is 0.396 e. The quantitative estimate of drug-likeness (QED) is 0.711. The Bertz CT molecular complexity index is 961. The van der Waals surface area contributed by atoms with Gasteiger partial charge < -0.3 is 15.0 Å². The first kappa shape index (κ1) is 18.7. The zero-order valence-corrected chi connectivity index (χ0v) is 15.2. The number of nitrogens with one attached hydrogen (secondary N) is 1. The van der Waals surface area contributed by atoms with Gasteiger partial charge in [-0.3, -0.25) is 0 Å². The van der Waals surface area contributed by atoms with Gasteiger partial charge in [0.1, 0.15) is 17.8 Å². The number of anilines is 1. The molecular weight excluding hydrogens is 369 g/mol. The topological polar surface area (TPSA) is 65.0 Å².